The van der Waals surface area contributed by atoms with Gasteiger partial charge in [0, 0.05) is 18.7 Å². The SMILES string of the molecule is COC(=O)NC1(C(O)C(C)C(C)C)CCCN(c2cnc(-c3ccc(F)c(F)c3)cc2Cn2cnc3c(NC(=O)OC(C)(C)C)ncnc32)C1. The molecule has 4 aromatic rings. The number of aromatic nitrogens is 5. The summed E-state index contributed by atoms with van der Waals surface area (Å²) >= 11 is 0. The molecule has 0 spiro atoms. The molecule has 2 amide bonds. The number of rotatable bonds is 9. The van der Waals surface area contributed by atoms with Crippen LogP contribution in [0.25, 0.3) is 22.4 Å². The number of carbonyl (C=O) groups excluding carboxylic acids is 2. The quantitative estimate of drug-likeness (QED) is 0.193. The van der Waals surface area contributed by atoms with Gasteiger partial charge in [-0.25, -0.2) is 33.3 Å². The number of amides is 2. The Hall–Kier alpha value is -4.92. The number of piperidine rings is 1. The van der Waals surface area contributed by atoms with Crippen LogP contribution in [0.2, 0.25) is 0 Å². The zero-order valence-electron chi connectivity index (χ0n) is 29.3. The van der Waals surface area contributed by atoms with Crippen LogP contribution >= 0.6 is 0 Å². The predicted octanol–water partition coefficient (Wildman–Crippen LogP) is 5.91. The molecule has 13 nitrogen and oxygen atoms in total. The molecule has 3 aromatic heterocycles. The Morgan fingerprint density at radius 2 is 1.82 bits per heavy atom. The van der Waals surface area contributed by atoms with Gasteiger partial charge in [0.05, 0.1) is 49.2 Å². The van der Waals surface area contributed by atoms with E-state index in [0.717, 1.165) is 17.7 Å². The van der Waals surface area contributed by atoms with E-state index in [1.165, 1.54) is 19.5 Å². The molecule has 3 unspecified atom stereocenters. The highest BCUT2D eigenvalue weighted by atomic mass is 19.2. The first-order chi connectivity index (χ1) is 23.6. The number of alkyl carbamates (subject to hydrolysis) is 1. The van der Waals surface area contributed by atoms with Crippen molar-refractivity contribution in [1.82, 2.24) is 29.8 Å². The monoisotopic (exact) mass is 694 g/mol. The normalized spacial score (nSPS) is 17.8. The number of fused-ring (bicyclic) bond motifs is 1. The minimum Gasteiger partial charge on any atom is -0.453 e. The van der Waals surface area contributed by atoms with Crippen LogP contribution in [0.1, 0.15) is 59.9 Å². The molecule has 3 N–H and O–H groups in total. The molecule has 4 heterocycles. The van der Waals surface area contributed by atoms with Crippen molar-refractivity contribution in [3.8, 4) is 11.3 Å². The van der Waals surface area contributed by atoms with Crippen molar-refractivity contribution in [3.05, 3.63) is 60.3 Å². The van der Waals surface area contributed by atoms with Crippen LogP contribution in [0.5, 0.6) is 0 Å². The molecule has 3 atom stereocenters. The Kier molecular flexibility index (Phi) is 10.6. The molecular formula is C35H44F2N8O5. The molecule has 0 radical (unpaired) electrons. The summed E-state index contributed by atoms with van der Waals surface area (Å²) < 4.78 is 40.3. The van der Waals surface area contributed by atoms with Gasteiger partial charge < -0.3 is 29.4 Å². The fourth-order valence-electron chi connectivity index (χ4n) is 6.22. The minimum atomic E-state index is -1.04. The number of aliphatic hydroxyl groups is 1. The van der Waals surface area contributed by atoms with Crippen LogP contribution in [-0.4, -0.2) is 79.2 Å². The number of pyridine rings is 1. The minimum absolute atomic E-state index is 0.135. The standard InChI is InChI=1S/C35H44F2N8O5/c1-20(2)21(3)29(46)35(43-33(48)49-7)11-8-12-44(17-35)27-15-38-26(22-9-10-24(36)25(37)13-22)14-23(27)16-45-19-41-28-30(39-18-40-31(28)45)42-32(47)50-34(4,5)6/h9-10,13-15,18-21,29,46H,8,11-12,16-17H2,1-7H3,(H,43,48)(H,39,40,42,47). The third-order valence-electron chi connectivity index (χ3n) is 9.06. The zero-order valence-corrected chi connectivity index (χ0v) is 29.3. The van der Waals surface area contributed by atoms with Crippen LogP contribution < -0.4 is 15.5 Å². The average Bonchev–Trinajstić information content (AvgIpc) is 3.47. The topological polar surface area (TPSA) is 157 Å². The first-order valence-corrected chi connectivity index (χ1v) is 16.5. The van der Waals surface area contributed by atoms with Gasteiger partial charge in [-0.1, -0.05) is 20.8 Å². The van der Waals surface area contributed by atoms with E-state index in [1.807, 2.05) is 20.8 Å². The summed E-state index contributed by atoms with van der Waals surface area (Å²) in [5, 5.41) is 17.3. The second kappa shape index (κ2) is 14.5. The molecule has 50 heavy (non-hydrogen) atoms. The Labute approximate surface area is 289 Å². The van der Waals surface area contributed by atoms with Crippen LogP contribution in [0.3, 0.4) is 0 Å². The van der Waals surface area contributed by atoms with Crippen molar-refractivity contribution in [3.63, 3.8) is 0 Å². The van der Waals surface area contributed by atoms with Crippen molar-refractivity contribution in [1.29, 1.82) is 0 Å². The Morgan fingerprint density at radius 1 is 1.06 bits per heavy atom. The third kappa shape index (κ3) is 7.93. The molecule has 268 valence electrons. The lowest BCUT2D eigenvalue weighted by molar-refractivity contribution is -0.00458. The van der Waals surface area contributed by atoms with Crippen molar-refractivity contribution in [2.75, 3.05) is 30.4 Å². The summed E-state index contributed by atoms with van der Waals surface area (Å²) in [5.41, 5.74) is 1.18. The number of aliphatic hydroxyl groups excluding tert-OH is 1. The van der Waals surface area contributed by atoms with E-state index >= 15 is 0 Å². The summed E-state index contributed by atoms with van der Waals surface area (Å²) in [6.07, 6.45) is 3.45. The maximum absolute atomic E-state index is 14.3. The van der Waals surface area contributed by atoms with E-state index in [2.05, 4.69) is 35.5 Å². The van der Waals surface area contributed by atoms with E-state index in [4.69, 9.17) is 9.47 Å². The maximum atomic E-state index is 14.3. The molecule has 0 bridgehead atoms. The van der Waals surface area contributed by atoms with Gasteiger partial charge in [-0.3, -0.25) is 10.3 Å². The largest absolute Gasteiger partial charge is 0.453 e. The number of anilines is 2. The van der Waals surface area contributed by atoms with Crippen LogP contribution in [0.4, 0.5) is 29.9 Å². The molecular weight excluding hydrogens is 650 g/mol. The maximum Gasteiger partial charge on any atom is 0.413 e. The lowest BCUT2D eigenvalue weighted by Gasteiger charge is -2.48. The number of methoxy groups -OCH3 is 1. The Balaban J connectivity index is 1.57. The van der Waals surface area contributed by atoms with Crippen LogP contribution in [0, 0.1) is 23.5 Å². The third-order valence-corrected chi connectivity index (χ3v) is 9.06. The van der Waals surface area contributed by atoms with E-state index in [9.17, 15) is 23.5 Å². The number of imidazole rings is 1. The van der Waals surface area contributed by atoms with Gasteiger partial charge in [-0.2, -0.15) is 0 Å². The molecule has 1 saturated heterocycles. The lowest BCUT2D eigenvalue weighted by Crippen LogP contribution is -2.66. The number of hydrogen-bond donors (Lipinski definition) is 3. The van der Waals surface area contributed by atoms with Crippen molar-refractivity contribution < 1.29 is 33.0 Å². The first-order valence-electron chi connectivity index (χ1n) is 16.5. The lowest BCUT2D eigenvalue weighted by atomic mass is 9.75. The molecule has 1 aromatic carbocycles. The van der Waals surface area contributed by atoms with Gasteiger partial charge in [0.2, 0.25) is 0 Å². The summed E-state index contributed by atoms with van der Waals surface area (Å²) in [7, 11) is 1.29. The summed E-state index contributed by atoms with van der Waals surface area (Å²) in [4.78, 5) is 45.0. The highest BCUT2D eigenvalue weighted by Gasteiger charge is 2.46. The molecule has 1 fully saturated rings. The van der Waals surface area contributed by atoms with Gasteiger partial charge in [0.1, 0.15) is 11.9 Å². The smallest absolute Gasteiger partial charge is 0.413 e. The molecule has 1 aliphatic rings. The van der Waals surface area contributed by atoms with Gasteiger partial charge in [-0.15, -0.1) is 0 Å². The van der Waals surface area contributed by atoms with E-state index in [0.29, 0.717) is 47.5 Å². The molecule has 0 saturated carbocycles. The summed E-state index contributed by atoms with van der Waals surface area (Å²) in [6.45, 7) is 12.3. The van der Waals surface area contributed by atoms with E-state index in [1.54, 1.807) is 43.9 Å². The number of nitrogens with zero attached hydrogens (tertiary/aromatic N) is 6. The van der Waals surface area contributed by atoms with Gasteiger partial charge >= 0.3 is 12.2 Å². The van der Waals surface area contributed by atoms with Gasteiger partial charge in [-0.05, 0) is 75.3 Å². The highest BCUT2D eigenvalue weighted by Crippen LogP contribution is 2.36. The number of ether oxygens (including phenoxy) is 2. The van der Waals surface area contributed by atoms with Crippen molar-refractivity contribution in [2.45, 2.75) is 78.2 Å². The van der Waals surface area contributed by atoms with Crippen LogP contribution in [-0.2, 0) is 16.0 Å². The van der Waals surface area contributed by atoms with Crippen molar-refractivity contribution in [2.24, 2.45) is 11.8 Å². The van der Waals surface area contributed by atoms with Crippen molar-refractivity contribution >= 4 is 34.9 Å². The average molecular weight is 695 g/mol. The summed E-state index contributed by atoms with van der Waals surface area (Å²) in [6, 6.07) is 5.38. The highest BCUT2D eigenvalue weighted by molar-refractivity contribution is 5.93. The first kappa shape index (κ1) is 36.4. The molecule has 1 aliphatic heterocycles. The Bertz CT molecular complexity index is 1860. The van der Waals surface area contributed by atoms with Crippen LogP contribution in [0.15, 0.2) is 43.1 Å². The summed E-state index contributed by atoms with van der Waals surface area (Å²) in [5.74, 6) is -1.82. The van der Waals surface area contributed by atoms with E-state index in [-0.39, 0.29) is 30.7 Å². The fourth-order valence-corrected chi connectivity index (χ4v) is 6.22. The Morgan fingerprint density at radius 3 is 2.50 bits per heavy atom. The second-order valence-corrected chi connectivity index (χ2v) is 14.1. The number of carbonyl (C=O) groups is 2. The number of hydrogen-bond acceptors (Lipinski definition) is 10. The fraction of sp³-hybridized carbons (Fsp3) is 0.486. The number of nitrogens with one attached hydrogen (secondary N) is 2. The molecule has 0 aliphatic carbocycles. The number of halogens is 2. The van der Waals surface area contributed by atoms with Gasteiger partial charge in [0.25, 0.3) is 0 Å². The van der Waals surface area contributed by atoms with E-state index < -0.39 is 41.1 Å². The number of benzene rings is 1. The van der Waals surface area contributed by atoms with Gasteiger partial charge in [0.15, 0.2) is 28.6 Å². The second-order valence-electron chi connectivity index (χ2n) is 14.1. The molecule has 5 rings (SSSR count). The molecule has 15 heteroatoms. The zero-order chi connectivity index (χ0) is 36.4. The predicted molar refractivity (Wildman–Crippen MR) is 184 cm³/mol.